The van der Waals surface area contributed by atoms with E-state index in [2.05, 4.69) is 25.8 Å². The van der Waals surface area contributed by atoms with Gasteiger partial charge in [0.2, 0.25) is 0 Å². The zero-order valence-corrected chi connectivity index (χ0v) is 10.00. The normalized spacial score (nSPS) is 30.6. The van der Waals surface area contributed by atoms with Crippen molar-refractivity contribution in [1.82, 2.24) is 4.90 Å². The quantitative estimate of drug-likeness (QED) is 0.750. The minimum Gasteiger partial charge on any atom is -0.327 e. The monoisotopic (exact) mass is 198 g/mol. The third-order valence-electron chi connectivity index (χ3n) is 3.54. The Balaban J connectivity index is 2.45. The van der Waals surface area contributed by atoms with Crippen LogP contribution < -0.4 is 5.73 Å². The molecule has 0 aromatic carbocycles. The number of nitrogens with zero attached hydrogens (tertiary/aromatic N) is 1. The molecule has 0 radical (unpaired) electrons. The van der Waals surface area contributed by atoms with Gasteiger partial charge in [0, 0.05) is 18.6 Å². The van der Waals surface area contributed by atoms with Gasteiger partial charge in [0.15, 0.2) is 0 Å². The van der Waals surface area contributed by atoms with Crippen molar-refractivity contribution in [3.8, 4) is 0 Å². The van der Waals surface area contributed by atoms with E-state index < -0.39 is 0 Å². The average molecular weight is 198 g/mol. The van der Waals surface area contributed by atoms with Crippen LogP contribution in [0.1, 0.15) is 46.0 Å². The second-order valence-electron chi connectivity index (χ2n) is 4.94. The van der Waals surface area contributed by atoms with Gasteiger partial charge in [-0.05, 0) is 32.7 Å². The molecule has 0 amide bonds. The summed E-state index contributed by atoms with van der Waals surface area (Å²) in [5, 5.41) is 0. The van der Waals surface area contributed by atoms with Crippen molar-refractivity contribution in [2.75, 3.05) is 13.6 Å². The number of hydrogen-bond donors (Lipinski definition) is 1. The van der Waals surface area contributed by atoms with E-state index in [1.807, 2.05) is 0 Å². The Morgan fingerprint density at radius 3 is 2.57 bits per heavy atom. The second-order valence-corrected chi connectivity index (χ2v) is 4.94. The summed E-state index contributed by atoms with van der Waals surface area (Å²) in [5.74, 6) is 0.910. The lowest BCUT2D eigenvalue weighted by molar-refractivity contribution is 0.122. The van der Waals surface area contributed by atoms with E-state index >= 15 is 0 Å². The van der Waals surface area contributed by atoms with E-state index in [-0.39, 0.29) is 0 Å². The van der Waals surface area contributed by atoms with Gasteiger partial charge >= 0.3 is 0 Å². The molecule has 0 spiro atoms. The van der Waals surface area contributed by atoms with Crippen molar-refractivity contribution in [2.24, 2.45) is 11.7 Å². The van der Waals surface area contributed by atoms with Crippen LogP contribution in [-0.4, -0.2) is 30.6 Å². The van der Waals surface area contributed by atoms with Crippen molar-refractivity contribution in [1.29, 1.82) is 0 Å². The maximum absolute atomic E-state index is 5.85. The van der Waals surface area contributed by atoms with Crippen molar-refractivity contribution < 1.29 is 0 Å². The van der Waals surface area contributed by atoms with Gasteiger partial charge in [-0.1, -0.05) is 26.2 Å². The van der Waals surface area contributed by atoms with Crippen LogP contribution >= 0.6 is 0 Å². The van der Waals surface area contributed by atoms with Crippen LogP contribution in [0.25, 0.3) is 0 Å². The molecule has 0 aliphatic heterocycles. The van der Waals surface area contributed by atoms with Crippen LogP contribution in [0.5, 0.6) is 0 Å². The number of likely N-dealkylation sites (N-methyl/N-ethyl adjacent to an activating group) is 1. The Kier molecular flexibility index (Phi) is 4.90. The molecule has 84 valence electrons. The third kappa shape index (κ3) is 3.25. The Labute approximate surface area is 88.8 Å². The first-order chi connectivity index (χ1) is 6.65. The standard InChI is InChI=1S/C12H26N2/c1-4-11-7-5-6-8-12(11)14(3)9-10(2)13/h10-12H,4-9,13H2,1-3H3. The summed E-state index contributed by atoms with van der Waals surface area (Å²) < 4.78 is 0. The van der Waals surface area contributed by atoms with Crippen LogP contribution in [0, 0.1) is 5.92 Å². The van der Waals surface area contributed by atoms with Crippen LogP contribution in [0.2, 0.25) is 0 Å². The van der Waals surface area contributed by atoms with Gasteiger partial charge in [-0.25, -0.2) is 0 Å². The molecule has 1 aliphatic rings. The van der Waals surface area contributed by atoms with Crippen molar-refractivity contribution in [3.63, 3.8) is 0 Å². The lowest BCUT2D eigenvalue weighted by Gasteiger charge is -2.38. The van der Waals surface area contributed by atoms with Crippen LogP contribution in [0.4, 0.5) is 0 Å². The molecule has 1 saturated carbocycles. The average Bonchev–Trinajstić information content (AvgIpc) is 2.16. The molecule has 1 fully saturated rings. The number of hydrogen-bond acceptors (Lipinski definition) is 2. The fourth-order valence-electron chi connectivity index (χ4n) is 2.83. The van der Waals surface area contributed by atoms with Crippen molar-refractivity contribution in [2.45, 2.75) is 58.0 Å². The first-order valence-corrected chi connectivity index (χ1v) is 6.11. The Hall–Kier alpha value is -0.0800. The van der Waals surface area contributed by atoms with Gasteiger partial charge < -0.3 is 10.6 Å². The molecule has 14 heavy (non-hydrogen) atoms. The summed E-state index contributed by atoms with van der Waals surface area (Å²) in [6, 6.07) is 1.10. The fraction of sp³-hybridized carbons (Fsp3) is 1.00. The van der Waals surface area contributed by atoms with Gasteiger partial charge in [-0.2, -0.15) is 0 Å². The van der Waals surface area contributed by atoms with E-state index in [0.29, 0.717) is 6.04 Å². The van der Waals surface area contributed by atoms with E-state index in [4.69, 9.17) is 5.73 Å². The van der Waals surface area contributed by atoms with Crippen LogP contribution in [0.15, 0.2) is 0 Å². The highest BCUT2D eigenvalue weighted by Gasteiger charge is 2.26. The molecule has 1 aliphatic carbocycles. The molecule has 0 aromatic heterocycles. The summed E-state index contributed by atoms with van der Waals surface area (Å²) in [4.78, 5) is 2.48. The van der Waals surface area contributed by atoms with Crippen molar-refractivity contribution in [3.05, 3.63) is 0 Å². The minimum absolute atomic E-state index is 0.305. The molecule has 0 bridgehead atoms. The second kappa shape index (κ2) is 5.72. The molecule has 2 N–H and O–H groups in total. The topological polar surface area (TPSA) is 29.3 Å². The zero-order valence-electron chi connectivity index (χ0n) is 10.00. The largest absolute Gasteiger partial charge is 0.327 e. The van der Waals surface area contributed by atoms with Crippen molar-refractivity contribution >= 4 is 0 Å². The predicted octanol–water partition coefficient (Wildman–Crippen LogP) is 2.23. The molecule has 2 nitrogen and oxygen atoms in total. The van der Waals surface area contributed by atoms with Gasteiger partial charge in [-0.3, -0.25) is 0 Å². The van der Waals surface area contributed by atoms with E-state index in [1.165, 1.54) is 32.1 Å². The van der Waals surface area contributed by atoms with E-state index in [9.17, 15) is 0 Å². The molecule has 0 aromatic rings. The molecular formula is C12H26N2. The fourth-order valence-corrected chi connectivity index (χ4v) is 2.83. The number of nitrogens with two attached hydrogens (primary N) is 1. The molecular weight excluding hydrogens is 172 g/mol. The van der Waals surface area contributed by atoms with Gasteiger partial charge in [0.1, 0.15) is 0 Å². The lowest BCUT2D eigenvalue weighted by atomic mass is 9.82. The number of rotatable bonds is 4. The van der Waals surface area contributed by atoms with Gasteiger partial charge in [0.25, 0.3) is 0 Å². The van der Waals surface area contributed by atoms with E-state index in [1.54, 1.807) is 0 Å². The highest BCUT2D eigenvalue weighted by atomic mass is 15.1. The molecule has 0 saturated heterocycles. The lowest BCUT2D eigenvalue weighted by Crippen LogP contribution is -2.44. The summed E-state index contributed by atoms with van der Waals surface area (Å²) in [7, 11) is 2.24. The molecule has 3 atom stereocenters. The summed E-state index contributed by atoms with van der Waals surface area (Å²) in [5.41, 5.74) is 5.85. The Morgan fingerprint density at radius 1 is 1.36 bits per heavy atom. The summed E-state index contributed by atoms with van der Waals surface area (Å²) in [6.07, 6.45) is 6.96. The first-order valence-electron chi connectivity index (χ1n) is 6.11. The Morgan fingerprint density at radius 2 is 2.00 bits per heavy atom. The van der Waals surface area contributed by atoms with E-state index in [0.717, 1.165) is 18.5 Å². The molecule has 0 heterocycles. The maximum Gasteiger partial charge on any atom is 0.0139 e. The SMILES string of the molecule is CCC1CCCCC1N(C)CC(C)N. The van der Waals surface area contributed by atoms with Crippen LogP contribution in [0.3, 0.4) is 0 Å². The maximum atomic E-state index is 5.85. The zero-order chi connectivity index (χ0) is 10.6. The smallest absolute Gasteiger partial charge is 0.0139 e. The van der Waals surface area contributed by atoms with Crippen LogP contribution in [-0.2, 0) is 0 Å². The van der Waals surface area contributed by atoms with Gasteiger partial charge in [-0.15, -0.1) is 0 Å². The minimum atomic E-state index is 0.305. The Bertz CT molecular complexity index is 156. The predicted molar refractivity (Wildman–Crippen MR) is 62.3 cm³/mol. The highest BCUT2D eigenvalue weighted by Crippen LogP contribution is 2.29. The highest BCUT2D eigenvalue weighted by molar-refractivity contribution is 4.82. The molecule has 1 rings (SSSR count). The first kappa shape index (κ1) is 12.0. The van der Waals surface area contributed by atoms with Gasteiger partial charge in [0.05, 0.1) is 0 Å². The summed E-state index contributed by atoms with van der Waals surface area (Å²) in [6.45, 7) is 5.46. The molecule has 2 heteroatoms. The molecule has 3 unspecified atom stereocenters. The third-order valence-corrected chi connectivity index (χ3v) is 3.54. The summed E-state index contributed by atoms with van der Waals surface area (Å²) >= 11 is 0.